The number of carbonyl (C=O) groups is 1. The Kier molecular flexibility index (Phi) is 4.60. The molecule has 1 heterocycles. The Bertz CT molecular complexity index is 791. The smallest absolute Gasteiger partial charge is 0.267 e. The van der Waals surface area contributed by atoms with Gasteiger partial charge in [-0.05, 0) is 19.1 Å². The van der Waals surface area contributed by atoms with Crippen LogP contribution in [0.4, 0.5) is 0 Å². The summed E-state index contributed by atoms with van der Waals surface area (Å²) in [5.74, 6) is -0.244. The quantitative estimate of drug-likeness (QED) is 0.810. The number of benzene rings is 1. The molecule has 1 N–H and O–H groups in total. The predicted octanol–water partition coefficient (Wildman–Crippen LogP) is 4.59. The lowest BCUT2D eigenvalue weighted by molar-refractivity contribution is -0.113. The van der Waals surface area contributed by atoms with E-state index in [1.54, 1.807) is 16.8 Å². The highest BCUT2D eigenvalue weighted by atomic mass is 35.5. The highest BCUT2D eigenvalue weighted by Crippen LogP contribution is 2.27. The van der Waals surface area contributed by atoms with Crippen molar-refractivity contribution in [2.24, 2.45) is 0 Å². The normalized spacial score (nSPS) is 17.4. The standard InChI is InChI=1S/C18H16Cl2N2O/c1-12-7-10-17(13-5-3-2-4-6-13)22(12)21-18(23)15-9-8-14(19)11-16(15)20/h2-10,14H,11H2,1H3,(H,21,23). The van der Waals surface area contributed by atoms with Crippen LogP contribution in [-0.2, 0) is 4.79 Å². The Morgan fingerprint density at radius 2 is 1.96 bits per heavy atom. The van der Waals surface area contributed by atoms with Crippen LogP contribution in [0.2, 0.25) is 0 Å². The number of allylic oxidation sites excluding steroid dienone is 2. The van der Waals surface area contributed by atoms with E-state index in [2.05, 4.69) is 5.43 Å². The van der Waals surface area contributed by atoms with Gasteiger partial charge in [-0.2, -0.15) is 0 Å². The molecule has 118 valence electrons. The zero-order valence-corrected chi connectivity index (χ0v) is 14.1. The summed E-state index contributed by atoms with van der Waals surface area (Å²) in [6.45, 7) is 1.94. The molecular weight excluding hydrogens is 331 g/mol. The number of nitrogens with zero attached hydrogens (tertiary/aromatic N) is 1. The molecule has 1 atom stereocenters. The fraction of sp³-hybridized carbons (Fsp3) is 0.167. The zero-order valence-electron chi connectivity index (χ0n) is 12.6. The molecule has 1 aliphatic carbocycles. The molecule has 1 aromatic carbocycles. The molecule has 0 radical (unpaired) electrons. The van der Waals surface area contributed by atoms with Crippen LogP contribution in [0, 0.1) is 6.92 Å². The van der Waals surface area contributed by atoms with Crippen LogP contribution in [0.1, 0.15) is 12.1 Å². The molecule has 1 aromatic heterocycles. The van der Waals surface area contributed by atoms with Crippen LogP contribution in [0.25, 0.3) is 11.3 Å². The van der Waals surface area contributed by atoms with Crippen molar-refractivity contribution in [3.63, 3.8) is 0 Å². The number of hydrogen-bond donors (Lipinski definition) is 1. The van der Waals surface area contributed by atoms with E-state index in [4.69, 9.17) is 23.2 Å². The molecule has 23 heavy (non-hydrogen) atoms. The summed E-state index contributed by atoms with van der Waals surface area (Å²) in [5, 5.41) is 0.323. The summed E-state index contributed by atoms with van der Waals surface area (Å²) in [6.07, 6.45) is 3.93. The van der Waals surface area contributed by atoms with Crippen molar-refractivity contribution in [2.75, 3.05) is 5.43 Å². The van der Waals surface area contributed by atoms with E-state index in [0.29, 0.717) is 17.0 Å². The van der Waals surface area contributed by atoms with Crippen molar-refractivity contribution in [1.82, 2.24) is 4.68 Å². The summed E-state index contributed by atoms with van der Waals surface area (Å²) in [7, 11) is 0. The van der Waals surface area contributed by atoms with Crippen molar-refractivity contribution in [3.05, 3.63) is 70.9 Å². The van der Waals surface area contributed by atoms with Crippen LogP contribution in [0.5, 0.6) is 0 Å². The molecule has 0 spiro atoms. The van der Waals surface area contributed by atoms with Gasteiger partial charge in [0.2, 0.25) is 0 Å². The van der Waals surface area contributed by atoms with E-state index in [9.17, 15) is 4.79 Å². The summed E-state index contributed by atoms with van der Waals surface area (Å²) >= 11 is 12.2. The van der Waals surface area contributed by atoms with Gasteiger partial charge in [0, 0.05) is 22.7 Å². The monoisotopic (exact) mass is 346 g/mol. The number of alkyl halides is 1. The van der Waals surface area contributed by atoms with Gasteiger partial charge in [0.05, 0.1) is 16.6 Å². The van der Waals surface area contributed by atoms with E-state index in [1.165, 1.54) is 0 Å². The van der Waals surface area contributed by atoms with Gasteiger partial charge in [0.25, 0.3) is 5.91 Å². The van der Waals surface area contributed by atoms with Gasteiger partial charge in [-0.3, -0.25) is 14.9 Å². The summed E-state index contributed by atoms with van der Waals surface area (Å²) in [4.78, 5) is 12.5. The van der Waals surface area contributed by atoms with E-state index < -0.39 is 0 Å². The molecule has 1 unspecified atom stereocenters. The van der Waals surface area contributed by atoms with Gasteiger partial charge in [0.1, 0.15) is 0 Å². The molecule has 5 heteroatoms. The molecule has 0 fully saturated rings. The molecular formula is C18H16Cl2N2O. The molecule has 3 rings (SSSR count). The topological polar surface area (TPSA) is 34.0 Å². The van der Waals surface area contributed by atoms with Crippen LogP contribution in [-0.4, -0.2) is 16.0 Å². The molecule has 3 nitrogen and oxygen atoms in total. The number of nitrogens with one attached hydrogen (secondary N) is 1. The summed E-state index contributed by atoms with van der Waals surface area (Å²) in [5.41, 5.74) is 6.25. The fourth-order valence-corrected chi connectivity index (χ4v) is 3.14. The van der Waals surface area contributed by atoms with E-state index in [0.717, 1.165) is 17.0 Å². The second kappa shape index (κ2) is 6.65. The predicted molar refractivity (Wildman–Crippen MR) is 95.2 cm³/mol. The van der Waals surface area contributed by atoms with Crippen LogP contribution in [0.3, 0.4) is 0 Å². The summed E-state index contributed by atoms with van der Waals surface area (Å²) in [6, 6.07) is 13.8. The first kappa shape index (κ1) is 15.9. The average molecular weight is 347 g/mol. The van der Waals surface area contributed by atoms with E-state index in [-0.39, 0.29) is 11.3 Å². The second-order valence-electron chi connectivity index (χ2n) is 5.40. The molecule has 0 bridgehead atoms. The fourth-order valence-electron chi connectivity index (χ4n) is 2.52. The molecule has 0 saturated carbocycles. The van der Waals surface area contributed by atoms with Crippen LogP contribution >= 0.6 is 23.2 Å². The minimum atomic E-state index is -0.244. The zero-order chi connectivity index (χ0) is 16.4. The second-order valence-corrected chi connectivity index (χ2v) is 6.42. The van der Waals surface area contributed by atoms with Crippen molar-refractivity contribution in [3.8, 4) is 11.3 Å². The Morgan fingerprint density at radius 3 is 2.65 bits per heavy atom. The molecule has 0 aliphatic heterocycles. The first-order valence-corrected chi connectivity index (χ1v) is 8.14. The Hall–Kier alpha value is -1.97. The number of aryl methyl sites for hydroxylation is 1. The van der Waals surface area contributed by atoms with Crippen molar-refractivity contribution < 1.29 is 4.79 Å². The lowest BCUT2D eigenvalue weighted by atomic mass is 10.1. The highest BCUT2D eigenvalue weighted by molar-refractivity contribution is 6.34. The van der Waals surface area contributed by atoms with E-state index >= 15 is 0 Å². The molecule has 1 aliphatic rings. The Balaban J connectivity index is 1.90. The number of aromatic nitrogens is 1. The van der Waals surface area contributed by atoms with Gasteiger partial charge in [-0.1, -0.05) is 54.1 Å². The van der Waals surface area contributed by atoms with Gasteiger partial charge < -0.3 is 0 Å². The van der Waals surface area contributed by atoms with Gasteiger partial charge in [-0.15, -0.1) is 11.6 Å². The van der Waals surface area contributed by atoms with Crippen molar-refractivity contribution >= 4 is 29.1 Å². The molecule has 0 saturated heterocycles. The van der Waals surface area contributed by atoms with E-state index in [1.807, 2.05) is 49.4 Å². The average Bonchev–Trinajstić information content (AvgIpc) is 2.89. The first-order chi connectivity index (χ1) is 11.1. The lowest BCUT2D eigenvalue weighted by Crippen LogP contribution is -2.26. The maximum atomic E-state index is 12.5. The van der Waals surface area contributed by atoms with Gasteiger partial charge in [-0.25, -0.2) is 0 Å². The maximum Gasteiger partial charge on any atom is 0.271 e. The van der Waals surface area contributed by atoms with Gasteiger partial charge >= 0.3 is 0 Å². The number of hydrogen-bond acceptors (Lipinski definition) is 1. The minimum Gasteiger partial charge on any atom is -0.267 e. The highest BCUT2D eigenvalue weighted by Gasteiger charge is 2.19. The largest absolute Gasteiger partial charge is 0.271 e. The van der Waals surface area contributed by atoms with Crippen molar-refractivity contribution in [2.45, 2.75) is 18.7 Å². The number of carbonyl (C=O) groups excluding carboxylic acids is 1. The maximum absolute atomic E-state index is 12.5. The SMILES string of the molecule is Cc1ccc(-c2ccccc2)n1NC(=O)C1=C(Cl)CC(Cl)C=C1. The molecule has 2 aromatic rings. The van der Waals surface area contributed by atoms with Crippen molar-refractivity contribution in [1.29, 1.82) is 0 Å². The minimum absolute atomic E-state index is 0.160. The third kappa shape index (κ3) is 3.36. The Labute approximate surface area is 145 Å². The number of halogens is 2. The third-order valence-electron chi connectivity index (χ3n) is 3.74. The van der Waals surface area contributed by atoms with Gasteiger partial charge in [0.15, 0.2) is 0 Å². The lowest BCUT2D eigenvalue weighted by Gasteiger charge is -2.17. The van der Waals surface area contributed by atoms with Crippen LogP contribution < -0.4 is 5.43 Å². The first-order valence-electron chi connectivity index (χ1n) is 7.32. The number of amides is 1. The van der Waals surface area contributed by atoms with Crippen LogP contribution in [0.15, 0.2) is 65.2 Å². The number of rotatable bonds is 3. The Morgan fingerprint density at radius 1 is 1.22 bits per heavy atom. The summed E-state index contributed by atoms with van der Waals surface area (Å²) < 4.78 is 1.77. The third-order valence-corrected chi connectivity index (χ3v) is 4.40. The molecule has 1 amide bonds.